The lowest BCUT2D eigenvalue weighted by molar-refractivity contribution is -0.127. The van der Waals surface area contributed by atoms with Gasteiger partial charge in [-0.3, -0.25) is 9.59 Å². The van der Waals surface area contributed by atoms with Crippen LogP contribution in [0.1, 0.15) is 61.5 Å². The number of rotatable bonds is 5. The molecule has 160 valence electrons. The van der Waals surface area contributed by atoms with Crippen LogP contribution in [0.5, 0.6) is 0 Å². The van der Waals surface area contributed by atoms with Gasteiger partial charge in [0.05, 0.1) is 16.9 Å². The molecule has 2 aliphatic rings. The van der Waals surface area contributed by atoms with E-state index in [1.807, 2.05) is 55.3 Å². The first-order valence-electron chi connectivity index (χ1n) is 11.2. The Hall–Kier alpha value is -2.63. The molecule has 0 radical (unpaired) electrons. The molecule has 0 spiro atoms. The standard InChI is InChI=1S/C24H32N4O2/c1-17(23(29)25-20-8-6-7-9-20)19-12-14-27(15-13-19)24(30)22-16-28(26-18(22)2)21-10-4-3-5-11-21/h3-5,10-11,16-17,19-20H,6-9,12-15H2,1-2H3,(H,25,29)/t17-/m1/s1. The van der Waals surface area contributed by atoms with Crippen LogP contribution in [0.3, 0.4) is 0 Å². The van der Waals surface area contributed by atoms with Gasteiger partial charge in [0.2, 0.25) is 5.91 Å². The maximum Gasteiger partial charge on any atom is 0.257 e. The van der Waals surface area contributed by atoms with Crippen molar-refractivity contribution in [1.29, 1.82) is 0 Å². The van der Waals surface area contributed by atoms with Crippen LogP contribution in [0.25, 0.3) is 5.69 Å². The Bertz CT molecular complexity index is 878. The zero-order valence-electron chi connectivity index (χ0n) is 18.0. The molecule has 1 aliphatic heterocycles. The normalized spacial score (nSPS) is 19.1. The second-order valence-corrected chi connectivity index (χ2v) is 8.82. The first-order valence-corrected chi connectivity index (χ1v) is 11.2. The smallest absolute Gasteiger partial charge is 0.257 e. The Morgan fingerprint density at radius 2 is 1.73 bits per heavy atom. The number of hydrogen-bond acceptors (Lipinski definition) is 3. The molecule has 1 N–H and O–H groups in total. The summed E-state index contributed by atoms with van der Waals surface area (Å²) in [6.07, 6.45) is 8.24. The molecule has 1 atom stereocenters. The topological polar surface area (TPSA) is 67.2 Å². The van der Waals surface area contributed by atoms with E-state index < -0.39 is 0 Å². The summed E-state index contributed by atoms with van der Waals surface area (Å²) in [6, 6.07) is 10.2. The van der Waals surface area contributed by atoms with E-state index in [1.165, 1.54) is 12.8 Å². The second kappa shape index (κ2) is 9.02. The van der Waals surface area contributed by atoms with E-state index in [2.05, 4.69) is 10.4 Å². The van der Waals surface area contributed by atoms with Crippen LogP contribution in [0.4, 0.5) is 0 Å². The van der Waals surface area contributed by atoms with Gasteiger partial charge in [0.15, 0.2) is 0 Å². The molecule has 1 aliphatic carbocycles. The number of aromatic nitrogens is 2. The lowest BCUT2D eigenvalue weighted by Crippen LogP contribution is -2.44. The van der Waals surface area contributed by atoms with Crippen molar-refractivity contribution in [1.82, 2.24) is 20.0 Å². The van der Waals surface area contributed by atoms with Gasteiger partial charge in [-0.05, 0) is 50.7 Å². The summed E-state index contributed by atoms with van der Waals surface area (Å²) >= 11 is 0. The van der Waals surface area contributed by atoms with Crippen molar-refractivity contribution in [3.05, 3.63) is 47.8 Å². The molecule has 2 aromatic rings. The van der Waals surface area contributed by atoms with E-state index in [4.69, 9.17) is 0 Å². The van der Waals surface area contributed by atoms with E-state index in [1.54, 1.807) is 4.68 Å². The van der Waals surface area contributed by atoms with E-state index in [-0.39, 0.29) is 17.7 Å². The number of aryl methyl sites for hydroxylation is 1. The number of piperidine rings is 1. The summed E-state index contributed by atoms with van der Waals surface area (Å²) < 4.78 is 1.77. The molecule has 6 heteroatoms. The van der Waals surface area contributed by atoms with Gasteiger partial charge >= 0.3 is 0 Å². The lowest BCUT2D eigenvalue weighted by Gasteiger charge is -2.34. The fourth-order valence-corrected chi connectivity index (χ4v) is 4.77. The van der Waals surface area contributed by atoms with Gasteiger partial charge in [-0.25, -0.2) is 4.68 Å². The third-order valence-corrected chi connectivity index (χ3v) is 6.80. The van der Waals surface area contributed by atoms with Crippen LogP contribution in [0, 0.1) is 18.8 Å². The molecule has 0 unspecified atom stereocenters. The molecule has 2 amide bonds. The van der Waals surface area contributed by atoms with E-state index in [0.717, 1.165) is 37.1 Å². The summed E-state index contributed by atoms with van der Waals surface area (Å²) in [5.41, 5.74) is 2.35. The molecule has 1 aromatic carbocycles. The van der Waals surface area contributed by atoms with Crippen molar-refractivity contribution in [3.8, 4) is 5.69 Å². The van der Waals surface area contributed by atoms with E-state index in [9.17, 15) is 9.59 Å². The summed E-state index contributed by atoms with van der Waals surface area (Å²) in [7, 11) is 0. The Morgan fingerprint density at radius 3 is 2.40 bits per heavy atom. The third kappa shape index (κ3) is 4.42. The zero-order valence-corrected chi connectivity index (χ0v) is 18.0. The highest BCUT2D eigenvalue weighted by Gasteiger charge is 2.32. The molecular weight excluding hydrogens is 376 g/mol. The molecule has 1 saturated carbocycles. The van der Waals surface area contributed by atoms with Gasteiger partial charge in [0, 0.05) is 31.2 Å². The average Bonchev–Trinajstić information content (AvgIpc) is 3.43. The van der Waals surface area contributed by atoms with Gasteiger partial charge in [0.1, 0.15) is 0 Å². The SMILES string of the molecule is Cc1nn(-c2ccccc2)cc1C(=O)N1CCC([C@@H](C)C(=O)NC2CCCC2)CC1. The van der Waals surface area contributed by atoms with Gasteiger partial charge in [-0.1, -0.05) is 38.0 Å². The monoisotopic (exact) mass is 408 g/mol. The maximum atomic E-state index is 13.1. The second-order valence-electron chi connectivity index (χ2n) is 8.82. The number of para-hydroxylation sites is 1. The van der Waals surface area contributed by atoms with Gasteiger partial charge < -0.3 is 10.2 Å². The number of nitrogens with one attached hydrogen (secondary N) is 1. The lowest BCUT2D eigenvalue weighted by atomic mass is 9.84. The largest absolute Gasteiger partial charge is 0.353 e. The number of benzene rings is 1. The number of likely N-dealkylation sites (tertiary alicyclic amines) is 1. The molecule has 6 nitrogen and oxygen atoms in total. The number of carbonyl (C=O) groups excluding carboxylic acids is 2. The van der Waals surface area contributed by atoms with Gasteiger partial charge in [-0.2, -0.15) is 5.10 Å². The third-order valence-electron chi connectivity index (χ3n) is 6.80. The quantitative estimate of drug-likeness (QED) is 0.820. The minimum atomic E-state index is 0.00502. The Labute approximate surface area is 178 Å². The van der Waals surface area contributed by atoms with Crippen molar-refractivity contribution in [3.63, 3.8) is 0 Å². The highest BCUT2D eigenvalue weighted by Crippen LogP contribution is 2.27. The molecule has 4 rings (SSSR count). The van der Waals surface area contributed by atoms with Crippen molar-refractivity contribution in [2.24, 2.45) is 11.8 Å². The Kier molecular flexibility index (Phi) is 6.21. The van der Waals surface area contributed by atoms with Gasteiger partial charge in [0.25, 0.3) is 5.91 Å². The van der Waals surface area contributed by atoms with E-state index in [0.29, 0.717) is 30.6 Å². The average molecular weight is 409 g/mol. The summed E-state index contributed by atoms with van der Waals surface area (Å²) in [4.78, 5) is 27.6. The Morgan fingerprint density at radius 1 is 1.07 bits per heavy atom. The Balaban J connectivity index is 1.34. The number of carbonyl (C=O) groups is 2. The van der Waals surface area contributed by atoms with Crippen LogP contribution >= 0.6 is 0 Å². The van der Waals surface area contributed by atoms with Crippen molar-refractivity contribution >= 4 is 11.8 Å². The number of hydrogen-bond donors (Lipinski definition) is 1. The fourth-order valence-electron chi connectivity index (χ4n) is 4.77. The first kappa shape index (κ1) is 20.6. The molecular formula is C24H32N4O2. The highest BCUT2D eigenvalue weighted by atomic mass is 16.2. The predicted octanol–water partition coefficient (Wildman–Crippen LogP) is 3.73. The number of amides is 2. The van der Waals surface area contributed by atoms with E-state index >= 15 is 0 Å². The summed E-state index contributed by atoms with van der Waals surface area (Å²) in [6.45, 7) is 5.32. The molecule has 1 aromatic heterocycles. The van der Waals surface area contributed by atoms with Crippen LogP contribution < -0.4 is 5.32 Å². The maximum absolute atomic E-state index is 13.1. The predicted molar refractivity (Wildman–Crippen MR) is 116 cm³/mol. The minimum absolute atomic E-state index is 0.00502. The van der Waals surface area contributed by atoms with Crippen LogP contribution in [0.2, 0.25) is 0 Å². The van der Waals surface area contributed by atoms with Crippen LogP contribution in [0.15, 0.2) is 36.5 Å². The highest BCUT2D eigenvalue weighted by molar-refractivity contribution is 5.95. The zero-order chi connectivity index (χ0) is 21.1. The summed E-state index contributed by atoms with van der Waals surface area (Å²) in [5.74, 6) is 0.567. The van der Waals surface area contributed by atoms with Crippen LogP contribution in [-0.2, 0) is 4.79 Å². The number of nitrogens with zero attached hydrogens (tertiary/aromatic N) is 3. The molecule has 2 fully saturated rings. The molecule has 0 bridgehead atoms. The minimum Gasteiger partial charge on any atom is -0.353 e. The fraction of sp³-hybridized carbons (Fsp3) is 0.542. The van der Waals surface area contributed by atoms with Crippen LogP contribution in [-0.4, -0.2) is 45.6 Å². The van der Waals surface area contributed by atoms with Crippen molar-refractivity contribution in [2.75, 3.05) is 13.1 Å². The van der Waals surface area contributed by atoms with Gasteiger partial charge in [-0.15, -0.1) is 0 Å². The van der Waals surface area contributed by atoms with Crippen molar-refractivity contribution < 1.29 is 9.59 Å². The summed E-state index contributed by atoms with van der Waals surface area (Å²) in [5, 5.41) is 7.76. The molecule has 1 saturated heterocycles. The van der Waals surface area contributed by atoms with Crippen molar-refractivity contribution in [2.45, 2.75) is 58.4 Å². The molecule has 2 heterocycles. The molecule has 30 heavy (non-hydrogen) atoms. The first-order chi connectivity index (χ1) is 14.5.